The monoisotopic (exact) mass is 259 g/mol. The molecule has 4 nitrogen and oxygen atoms in total. The van der Waals surface area contributed by atoms with E-state index in [0.29, 0.717) is 6.10 Å². The van der Waals surface area contributed by atoms with E-state index >= 15 is 0 Å². The number of hydrogen-bond acceptors (Lipinski definition) is 3. The molecule has 3 rings (SSSR count). The molecule has 0 radical (unpaired) electrons. The van der Waals surface area contributed by atoms with Crippen LogP contribution in [0.25, 0.3) is 10.9 Å². The Hall–Kier alpha value is -2.10. The molecule has 1 aliphatic carbocycles. The van der Waals surface area contributed by atoms with E-state index in [1.165, 1.54) is 29.4 Å². The fourth-order valence-corrected chi connectivity index (χ4v) is 1.93. The highest BCUT2D eigenvalue weighted by Crippen LogP contribution is 2.32. The van der Waals surface area contributed by atoms with Gasteiger partial charge in [-0.05, 0) is 56.0 Å². The lowest BCUT2D eigenvalue weighted by Gasteiger charge is -2.09. The Balaban J connectivity index is 0.000000408. The Morgan fingerprint density at radius 1 is 1.26 bits per heavy atom. The van der Waals surface area contributed by atoms with Crippen LogP contribution in [-0.4, -0.2) is 22.7 Å². The zero-order valence-electron chi connectivity index (χ0n) is 11.1. The predicted molar refractivity (Wildman–Crippen MR) is 73.6 cm³/mol. The lowest BCUT2D eigenvalue weighted by Crippen LogP contribution is -1.98. The molecule has 0 amide bonds. The summed E-state index contributed by atoms with van der Waals surface area (Å²) in [6.45, 7) is 3.91. The molecule has 1 N–H and O–H groups in total. The van der Waals surface area contributed by atoms with Gasteiger partial charge in [-0.1, -0.05) is 0 Å². The summed E-state index contributed by atoms with van der Waals surface area (Å²) in [7, 11) is 0. The summed E-state index contributed by atoms with van der Waals surface area (Å²) >= 11 is 0. The highest BCUT2D eigenvalue weighted by Gasteiger charge is 2.24. The van der Waals surface area contributed by atoms with Crippen molar-refractivity contribution in [2.75, 3.05) is 0 Å². The molecule has 1 aromatic carbocycles. The van der Waals surface area contributed by atoms with Crippen LogP contribution in [-0.2, 0) is 4.79 Å². The zero-order chi connectivity index (χ0) is 13.8. The first kappa shape index (κ1) is 13.3. The number of pyridine rings is 1. The maximum absolute atomic E-state index is 8.36. The highest BCUT2D eigenvalue weighted by atomic mass is 16.5. The fraction of sp³-hybridized carbons (Fsp3) is 0.333. The molecule has 0 atom stereocenters. The zero-order valence-corrected chi connectivity index (χ0v) is 11.1. The van der Waals surface area contributed by atoms with Crippen molar-refractivity contribution in [1.82, 2.24) is 4.98 Å². The second-order valence-electron chi connectivity index (χ2n) is 4.77. The van der Waals surface area contributed by atoms with Gasteiger partial charge in [0, 0.05) is 11.6 Å². The van der Waals surface area contributed by atoms with Gasteiger partial charge in [0.25, 0.3) is 6.47 Å². The lowest BCUT2D eigenvalue weighted by molar-refractivity contribution is -0.122. The molecule has 0 unspecified atom stereocenters. The Kier molecular flexibility index (Phi) is 4.00. The minimum absolute atomic E-state index is 0.250. The number of fused-ring (bicyclic) bond motifs is 1. The van der Waals surface area contributed by atoms with Crippen LogP contribution < -0.4 is 4.74 Å². The maximum atomic E-state index is 8.36. The lowest BCUT2D eigenvalue weighted by atomic mass is 10.1. The molecular weight excluding hydrogens is 242 g/mol. The van der Waals surface area contributed by atoms with Crippen LogP contribution in [0.3, 0.4) is 0 Å². The Morgan fingerprint density at radius 3 is 2.53 bits per heavy atom. The molecule has 0 saturated heterocycles. The van der Waals surface area contributed by atoms with E-state index in [1.54, 1.807) is 0 Å². The van der Waals surface area contributed by atoms with Gasteiger partial charge in [-0.15, -0.1) is 0 Å². The fourth-order valence-electron chi connectivity index (χ4n) is 1.93. The molecule has 4 heteroatoms. The second kappa shape index (κ2) is 5.69. The maximum Gasteiger partial charge on any atom is 0.290 e. The average molecular weight is 259 g/mol. The van der Waals surface area contributed by atoms with E-state index in [2.05, 4.69) is 37.0 Å². The molecule has 0 spiro atoms. The molecule has 19 heavy (non-hydrogen) atoms. The molecule has 100 valence electrons. The van der Waals surface area contributed by atoms with Crippen LogP contribution in [0, 0.1) is 13.8 Å². The SMILES string of the molecule is Cc1cnc2c(OC3CC3)cc(C)cc2c1.O=CO. The molecule has 2 aromatic rings. The number of aromatic nitrogens is 1. The summed E-state index contributed by atoms with van der Waals surface area (Å²) < 4.78 is 5.90. The first-order valence-corrected chi connectivity index (χ1v) is 6.25. The number of rotatable bonds is 2. The van der Waals surface area contributed by atoms with Crippen LogP contribution in [0.5, 0.6) is 5.75 Å². The Labute approximate surface area is 112 Å². The molecule has 0 bridgehead atoms. The molecule has 0 aliphatic heterocycles. The third-order valence-corrected chi connectivity index (χ3v) is 2.85. The average Bonchev–Trinajstić information content (AvgIpc) is 3.13. The van der Waals surface area contributed by atoms with Crippen LogP contribution in [0.2, 0.25) is 0 Å². The third-order valence-electron chi connectivity index (χ3n) is 2.85. The standard InChI is InChI=1S/C14H15NO.CH2O2/c1-9-5-11-6-10(2)8-15-14(11)13(7-9)16-12-3-4-12;2-1-3/h5-8,12H,3-4H2,1-2H3;1H,(H,2,3). The number of ether oxygens (including phenoxy) is 1. The quantitative estimate of drug-likeness (QED) is 0.842. The van der Waals surface area contributed by atoms with Gasteiger partial charge >= 0.3 is 0 Å². The third kappa shape index (κ3) is 3.44. The Morgan fingerprint density at radius 2 is 1.89 bits per heavy atom. The van der Waals surface area contributed by atoms with Gasteiger partial charge in [0.2, 0.25) is 0 Å². The van der Waals surface area contributed by atoms with E-state index < -0.39 is 0 Å². The summed E-state index contributed by atoms with van der Waals surface area (Å²) in [6, 6.07) is 6.41. The first-order chi connectivity index (χ1) is 9.13. The number of carboxylic acid groups (broad SMARTS) is 1. The molecule has 1 heterocycles. The summed E-state index contributed by atoms with van der Waals surface area (Å²) in [5.74, 6) is 0.942. The van der Waals surface area contributed by atoms with Crippen molar-refractivity contribution in [3.8, 4) is 5.75 Å². The van der Waals surface area contributed by atoms with Gasteiger partial charge in [-0.25, -0.2) is 0 Å². The van der Waals surface area contributed by atoms with Crippen molar-refractivity contribution in [3.05, 3.63) is 35.5 Å². The van der Waals surface area contributed by atoms with E-state index in [4.69, 9.17) is 14.6 Å². The van der Waals surface area contributed by atoms with Crippen LogP contribution in [0.15, 0.2) is 24.4 Å². The van der Waals surface area contributed by atoms with E-state index in [0.717, 1.165) is 11.3 Å². The minimum Gasteiger partial charge on any atom is -0.488 e. The summed E-state index contributed by atoms with van der Waals surface area (Å²) in [4.78, 5) is 12.8. The topological polar surface area (TPSA) is 59.4 Å². The van der Waals surface area contributed by atoms with Crippen molar-refractivity contribution < 1.29 is 14.6 Å². The molecular formula is C15H17NO3. The van der Waals surface area contributed by atoms with Crippen LogP contribution >= 0.6 is 0 Å². The van der Waals surface area contributed by atoms with E-state index in [1.807, 2.05) is 6.20 Å². The minimum atomic E-state index is -0.250. The van der Waals surface area contributed by atoms with Gasteiger partial charge in [-0.2, -0.15) is 0 Å². The van der Waals surface area contributed by atoms with Crippen LogP contribution in [0.4, 0.5) is 0 Å². The first-order valence-electron chi connectivity index (χ1n) is 6.25. The number of carbonyl (C=O) groups is 1. The van der Waals surface area contributed by atoms with Crippen molar-refractivity contribution in [3.63, 3.8) is 0 Å². The van der Waals surface area contributed by atoms with Gasteiger partial charge in [0.15, 0.2) is 0 Å². The largest absolute Gasteiger partial charge is 0.488 e. The predicted octanol–water partition coefficient (Wildman–Crippen LogP) is 3.09. The normalized spacial score (nSPS) is 13.6. The Bertz CT molecular complexity index is 586. The number of aryl methyl sites for hydroxylation is 2. The van der Waals surface area contributed by atoms with Gasteiger partial charge in [-0.3, -0.25) is 9.78 Å². The van der Waals surface area contributed by atoms with Crippen molar-refractivity contribution in [2.24, 2.45) is 0 Å². The van der Waals surface area contributed by atoms with Gasteiger partial charge in [0.1, 0.15) is 11.3 Å². The van der Waals surface area contributed by atoms with Crippen molar-refractivity contribution >= 4 is 17.4 Å². The van der Waals surface area contributed by atoms with E-state index in [9.17, 15) is 0 Å². The highest BCUT2D eigenvalue weighted by molar-refractivity contribution is 5.85. The summed E-state index contributed by atoms with van der Waals surface area (Å²) in [5.41, 5.74) is 3.41. The number of benzene rings is 1. The van der Waals surface area contributed by atoms with Crippen molar-refractivity contribution in [2.45, 2.75) is 32.8 Å². The van der Waals surface area contributed by atoms with E-state index in [-0.39, 0.29) is 6.47 Å². The number of hydrogen-bond donors (Lipinski definition) is 1. The van der Waals surface area contributed by atoms with Crippen molar-refractivity contribution in [1.29, 1.82) is 0 Å². The van der Waals surface area contributed by atoms with Crippen LogP contribution in [0.1, 0.15) is 24.0 Å². The summed E-state index contributed by atoms with van der Waals surface area (Å²) in [5, 5.41) is 8.07. The van der Waals surface area contributed by atoms with Gasteiger partial charge in [0.05, 0.1) is 6.10 Å². The molecule has 1 aromatic heterocycles. The summed E-state index contributed by atoms with van der Waals surface area (Å²) in [6.07, 6.45) is 4.69. The number of nitrogens with zero attached hydrogens (tertiary/aromatic N) is 1. The van der Waals surface area contributed by atoms with Gasteiger partial charge < -0.3 is 9.84 Å². The molecule has 1 aliphatic rings. The molecule has 1 fully saturated rings. The molecule has 1 saturated carbocycles. The second-order valence-corrected chi connectivity index (χ2v) is 4.77. The smallest absolute Gasteiger partial charge is 0.290 e.